The second-order valence-electron chi connectivity index (χ2n) is 3.49. The van der Waals surface area contributed by atoms with Crippen LogP contribution in [0.25, 0.3) is 0 Å². The van der Waals surface area contributed by atoms with Gasteiger partial charge in [-0.05, 0) is 32.1 Å². The first-order chi connectivity index (χ1) is 6.29. The molecule has 1 aliphatic carbocycles. The van der Waals surface area contributed by atoms with E-state index in [9.17, 15) is 4.21 Å². The molecule has 0 N–H and O–H groups in total. The average Bonchev–Trinajstić information content (AvgIpc) is 2.14. The highest BCUT2D eigenvalue weighted by atomic mass is 32.2. The van der Waals surface area contributed by atoms with Gasteiger partial charge in [-0.15, -0.1) is 0 Å². The van der Waals surface area contributed by atoms with Gasteiger partial charge in [-0.1, -0.05) is 23.8 Å². The van der Waals surface area contributed by atoms with Crippen LogP contribution in [0.2, 0.25) is 0 Å². The predicted molar refractivity (Wildman–Crippen MR) is 59.2 cm³/mol. The Bertz CT molecular complexity index is 228. The van der Waals surface area contributed by atoms with E-state index in [1.165, 1.54) is 31.3 Å². The van der Waals surface area contributed by atoms with E-state index in [1.54, 1.807) is 6.26 Å². The summed E-state index contributed by atoms with van der Waals surface area (Å²) in [5.41, 5.74) is 1.47. The third kappa shape index (κ3) is 5.04. The SMILES string of the molecule is CS(=O)CC/C=C/C1=CCCCC1. The van der Waals surface area contributed by atoms with Crippen LogP contribution >= 0.6 is 0 Å². The van der Waals surface area contributed by atoms with Gasteiger partial charge in [0.05, 0.1) is 0 Å². The summed E-state index contributed by atoms with van der Waals surface area (Å²) in [6.07, 6.45) is 14.5. The molecule has 0 radical (unpaired) electrons. The summed E-state index contributed by atoms with van der Waals surface area (Å²) in [4.78, 5) is 0. The Hall–Kier alpha value is -0.370. The maximum atomic E-state index is 10.8. The number of hydrogen-bond acceptors (Lipinski definition) is 1. The Balaban J connectivity index is 2.22. The molecule has 0 fully saturated rings. The third-order valence-corrected chi connectivity index (χ3v) is 3.04. The van der Waals surface area contributed by atoms with Gasteiger partial charge in [0.15, 0.2) is 0 Å². The molecule has 2 heteroatoms. The van der Waals surface area contributed by atoms with Crippen molar-refractivity contribution < 1.29 is 4.21 Å². The first-order valence-electron chi connectivity index (χ1n) is 4.94. The largest absolute Gasteiger partial charge is 0.260 e. The van der Waals surface area contributed by atoms with Crippen molar-refractivity contribution >= 4 is 10.8 Å². The van der Waals surface area contributed by atoms with Crippen molar-refractivity contribution in [1.29, 1.82) is 0 Å². The van der Waals surface area contributed by atoms with Crippen molar-refractivity contribution in [3.05, 3.63) is 23.8 Å². The normalized spacial score (nSPS) is 20.2. The van der Waals surface area contributed by atoms with Gasteiger partial charge in [0, 0.05) is 22.8 Å². The topological polar surface area (TPSA) is 17.1 Å². The monoisotopic (exact) mass is 198 g/mol. The molecule has 1 unspecified atom stereocenters. The van der Waals surface area contributed by atoms with Crippen molar-refractivity contribution in [3.8, 4) is 0 Å². The lowest BCUT2D eigenvalue weighted by atomic mass is 9.99. The van der Waals surface area contributed by atoms with E-state index in [0.717, 1.165) is 12.2 Å². The van der Waals surface area contributed by atoms with Crippen LogP contribution in [0.4, 0.5) is 0 Å². The Morgan fingerprint density at radius 2 is 2.38 bits per heavy atom. The second-order valence-corrected chi connectivity index (χ2v) is 5.05. The van der Waals surface area contributed by atoms with E-state index in [2.05, 4.69) is 18.2 Å². The molecule has 0 aliphatic heterocycles. The molecule has 74 valence electrons. The summed E-state index contributed by atoms with van der Waals surface area (Å²) in [6.45, 7) is 0. The molecular formula is C11H18OS. The highest BCUT2D eigenvalue weighted by Crippen LogP contribution is 2.18. The van der Waals surface area contributed by atoms with Crippen molar-refractivity contribution in [1.82, 2.24) is 0 Å². The van der Waals surface area contributed by atoms with E-state index < -0.39 is 10.8 Å². The minimum atomic E-state index is -0.643. The smallest absolute Gasteiger partial charge is 0.0266 e. The molecule has 0 heterocycles. The number of allylic oxidation sites excluding steroid dienone is 4. The molecule has 0 saturated carbocycles. The van der Waals surface area contributed by atoms with Crippen LogP contribution in [-0.2, 0) is 10.8 Å². The number of hydrogen-bond donors (Lipinski definition) is 0. The predicted octanol–water partition coefficient (Wildman–Crippen LogP) is 2.81. The summed E-state index contributed by atoms with van der Waals surface area (Å²) in [5.74, 6) is 0.795. The van der Waals surface area contributed by atoms with Gasteiger partial charge in [0.2, 0.25) is 0 Å². The van der Waals surface area contributed by atoms with Crippen molar-refractivity contribution in [2.45, 2.75) is 32.1 Å². The Morgan fingerprint density at radius 3 is 3.00 bits per heavy atom. The summed E-state index contributed by atoms with van der Waals surface area (Å²) in [6, 6.07) is 0. The molecule has 0 saturated heterocycles. The highest BCUT2D eigenvalue weighted by molar-refractivity contribution is 7.84. The molecule has 1 nitrogen and oxygen atoms in total. The fourth-order valence-corrected chi connectivity index (χ4v) is 1.95. The van der Waals surface area contributed by atoms with Gasteiger partial charge in [0.1, 0.15) is 0 Å². The van der Waals surface area contributed by atoms with E-state index in [1.807, 2.05) is 0 Å². The molecule has 13 heavy (non-hydrogen) atoms. The highest BCUT2D eigenvalue weighted by Gasteiger charge is 1.98. The van der Waals surface area contributed by atoms with Gasteiger partial charge in [-0.2, -0.15) is 0 Å². The zero-order valence-electron chi connectivity index (χ0n) is 8.29. The lowest BCUT2D eigenvalue weighted by molar-refractivity contribution is 0.686. The van der Waals surface area contributed by atoms with Gasteiger partial charge < -0.3 is 0 Å². The fourth-order valence-electron chi connectivity index (χ4n) is 1.48. The molecule has 0 amide bonds. The van der Waals surface area contributed by atoms with Crippen LogP contribution < -0.4 is 0 Å². The first kappa shape index (κ1) is 10.7. The first-order valence-corrected chi connectivity index (χ1v) is 6.67. The summed E-state index contributed by atoms with van der Waals surface area (Å²) in [5, 5.41) is 0. The molecule has 0 aromatic carbocycles. The third-order valence-electron chi connectivity index (χ3n) is 2.23. The van der Waals surface area contributed by atoms with Gasteiger partial charge in [-0.25, -0.2) is 0 Å². The molecule has 1 rings (SSSR count). The van der Waals surface area contributed by atoms with Crippen molar-refractivity contribution in [2.75, 3.05) is 12.0 Å². The van der Waals surface area contributed by atoms with Gasteiger partial charge in [-0.3, -0.25) is 4.21 Å². The van der Waals surface area contributed by atoms with Crippen LogP contribution in [0.5, 0.6) is 0 Å². The molecule has 0 aromatic rings. The van der Waals surface area contributed by atoms with Crippen LogP contribution in [0.3, 0.4) is 0 Å². The average molecular weight is 198 g/mol. The minimum absolute atomic E-state index is 0.643. The van der Waals surface area contributed by atoms with Gasteiger partial charge in [0.25, 0.3) is 0 Å². The van der Waals surface area contributed by atoms with Crippen molar-refractivity contribution in [3.63, 3.8) is 0 Å². The zero-order valence-corrected chi connectivity index (χ0v) is 9.11. The Morgan fingerprint density at radius 1 is 1.54 bits per heavy atom. The molecule has 0 bridgehead atoms. The maximum absolute atomic E-state index is 10.8. The molecular weight excluding hydrogens is 180 g/mol. The Labute approximate surface area is 83.4 Å². The summed E-state index contributed by atoms with van der Waals surface area (Å²) in [7, 11) is -0.643. The van der Waals surface area contributed by atoms with Crippen LogP contribution in [0.15, 0.2) is 23.8 Å². The maximum Gasteiger partial charge on any atom is 0.0266 e. The standard InChI is InChI=1S/C11H18OS/c1-13(12)10-6-5-9-11-7-3-2-4-8-11/h5,7,9H,2-4,6,8,10H2,1H3/b9-5+. The quantitative estimate of drug-likeness (QED) is 0.679. The van der Waals surface area contributed by atoms with Crippen LogP contribution in [0.1, 0.15) is 32.1 Å². The second kappa shape index (κ2) is 6.14. The number of rotatable bonds is 4. The van der Waals surface area contributed by atoms with Gasteiger partial charge >= 0.3 is 0 Å². The minimum Gasteiger partial charge on any atom is -0.260 e. The molecule has 1 atom stereocenters. The van der Waals surface area contributed by atoms with Crippen LogP contribution in [-0.4, -0.2) is 16.2 Å². The van der Waals surface area contributed by atoms with E-state index >= 15 is 0 Å². The molecule has 1 aliphatic rings. The zero-order chi connectivity index (χ0) is 9.52. The molecule has 0 spiro atoms. The van der Waals surface area contributed by atoms with E-state index in [4.69, 9.17) is 0 Å². The summed E-state index contributed by atoms with van der Waals surface area (Å²) < 4.78 is 10.8. The van der Waals surface area contributed by atoms with E-state index in [0.29, 0.717) is 0 Å². The lowest BCUT2D eigenvalue weighted by Crippen LogP contribution is -1.92. The van der Waals surface area contributed by atoms with Crippen LogP contribution in [0, 0.1) is 0 Å². The van der Waals surface area contributed by atoms with Crippen molar-refractivity contribution in [2.24, 2.45) is 0 Å². The Kier molecular flexibility index (Phi) is 5.06. The molecule has 0 aromatic heterocycles. The van der Waals surface area contributed by atoms with E-state index in [-0.39, 0.29) is 0 Å². The fraction of sp³-hybridized carbons (Fsp3) is 0.636. The summed E-state index contributed by atoms with van der Waals surface area (Å²) >= 11 is 0. The lowest BCUT2D eigenvalue weighted by Gasteiger charge is -2.07.